The number of halogens is 3. The third-order valence-corrected chi connectivity index (χ3v) is 8.66. The van der Waals surface area contributed by atoms with Crippen LogP contribution in [-0.4, -0.2) is 45.9 Å². The molecular weight excluding hydrogens is 545 g/mol. The van der Waals surface area contributed by atoms with E-state index in [0.717, 1.165) is 15.3 Å². The highest BCUT2D eigenvalue weighted by Gasteiger charge is 2.41. The molecule has 4 aromatic rings. The lowest BCUT2D eigenvalue weighted by Crippen LogP contribution is -2.36. The van der Waals surface area contributed by atoms with Gasteiger partial charge in [0, 0.05) is 34.2 Å². The Balaban J connectivity index is 1.42. The molecule has 0 bridgehead atoms. The predicted octanol–water partition coefficient (Wildman–Crippen LogP) is 6.68. The van der Waals surface area contributed by atoms with Crippen molar-refractivity contribution in [2.75, 3.05) is 18.4 Å². The van der Waals surface area contributed by atoms with Crippen LogP contribution in [0.1, 0.15) is 47.0 Å². The number of rotatable bonds is 7. The van der Waals surface area contributed by atoms with E-state index in [2.05, 4.69) is 15.5 Å². The van der Waals surface area contributed by atoms with E-state index in [9.17, 15) is 22.8 Å². The molecule has 1 aliphatic rings. The van der Waals surface area contributed by atoms with Crippen molar-refractivity contribution in [3.63, 3.8) is 0 Å². The van der Waals surface area contributed by atoms with Gasteiger partial charge in [-0.1, -0.05) is 49.4 Å². The van der Waals surface area contributed by atoms with Crippen molar-refractivity contribution in [3.05, 3.63) is 88.0 Å². The topological polar surface area (TPSA) is 75.2 Å². The molecule has 1 fully saturated rings. The molecule has 11 heteroatoms. The summed E-state index contributed by atoms with van der Waals surface area (Å²) in [6, 6.07) is 16.9. The highest BCUT2D eigenvalue weighted by atomic mass is 32.1. The van der Waals surface area contributed by atoms with Crippen LogP contribution in [0.5, 0.6) is 0 Å². The first-order valence-electron chi connectivity index (χ1n) is 12.2. The lowest BCUT2D eigenvalue weighted by atomic mass is 9.73. The molecule has 5 rings (SSSR count). The number of hydrogen-bond acceptors (Lipinski definition) is 6. The molecule has 0 unspecified atom stereocenters. The predicted molar refractivity (Wildman–Crippen MR) is 146 cm³/mol. The van der Waals surface area contributed by atoms with Gasteiger partial charge in [-0.15, -0.1) is 21.5 Å². The van der Waals surface area contributed by atoms with Gasteiger partial charge in [0.05, 0.1) is 12.0 Å². The number of hydrogen-bond donors (Lipinski definition) is 1. The van der Waals surface area contributed by atoms with Crippen molar-refractivity contribution >= 4 is 39.6 Å². The first-order chi connectivity index (χ1) is 18.5. The number of carbonyl (C=O) groups excluding carboxylic acids is 2. The minimum Gasteiger partial charge on any atom is -0.332 e. The van der Waals surface area contributed by atoms with Crippen LogP contribution in [0.4, 0.5) is 18.3 Å². The molecule has 3 heterocycles. The van der Waals surface area contributed by atoms with Crippen LogP contribution in [0.3, 0.4) is 0 Å². The monoisotopic (exact) mass is 570 g/mol. The molecule has 1 aliphatic heterocycles. The van der Waals surface area contributed by atoms with Crippen LogP contribution < -0.4 is 5.32 Å². The molecule has 39 heavy (non-hydrogen) atoms. The van der Waals surface area contributed by atoms with Crippen molar-refractivity contribution in [2.24, 2.45) is 5.41 Å². The Morgan fingerprint density at radius 1 is 1.10 bits per heavy atom. The zero-order chi connectivity index (χ0) is 27.8. The number of aromatic nitrogens is 2. The third kappa shape index (κ3) is 5.74. The zero-order valence-corrected chi connectivity index (χ0v) is 22.8. The summed E-state index contributed by atoms with van der Waals surface area (Å²) in [5, 5.41) is 10.9. The van der Waals surface area contributed by atoms with Gasteiger partial charge in [0.25, 0.3) is 11.8 Å². The van der Waals surface area contributed by atoms with Crippen LogP contribution in [0.2, 0.25) is 0 Å². The molecule has 2 aromatic carbocycles. The largest absolute Gasteiger partial charge is 0.332 e. The standard InChI is InChI=1S/C28H25F3N4O2S2/c1-27(2,25(37)33-26-34-32-16-38-26)23(19-4-3-5-20(29)14-19)22-11-10-21(39-22)17-6-8-18(9-7-17)24(36)35-13-12-28(30,31)15-35/h3-11,14,16,23H,12-13,15H2,1-2H3,(H,33,34,37)/t23-/m0/s1. The fraction of sp³-hybridized carbons (Fsp3) is 0.286. The number of amides is 2. The van der Waals surface area contributed by atoms with Gasteiger partial charge in [-0.25, -0.2) is 13.2 Å². The van der Waals surface area contributed by atoms with Crippen molar-refractivity contribution in [1.82, 2.24) is 15.1 Å². The van der Waals surface area contributed by atoms with Crippen LogP contribution in [0.15, 0.2) is 66.2 Å². The van der Waals surface area contributed by atoms with Crippen LogP contribution in [0, 0.1) is 11.2 Å². The molecule has 6 nitrogen and oxygen atoms in total. The van der Waals surface area contributed by atoms with Crippen molar-refractivity contribution in [1.29, 1.82) is 0 Å². The highest BCUT2D eigenvalue weighted by Crippen LogP contribution is 2.46. The maximum atomic E-state index is 14.3. The number of nitrogens with one attached hydrogen (secondary N) is 1. The first kappa shape index (κ1) is 27.0. The second kappa shape index (κ2) is 10.5. The van der Waals surface area contributed by atoms with E-state index in [1.807, 2.05) is 12.1 Å². The summed E-state index contributed by atoms with van der Waals surface area (Å²) in [5.74, 6) is -4.41. The second-order valence-corrected chi connectivity index (χ2v) is 12.0. The number of alkyl halides is 2. The van der Waals surface area contributed by atoms with Gasteiger partial charge in [0.15, 0.2) is 0 Å². The lowest BCUT2D eigenvalue weighted by Gasteiger charge is -2.32. The molecule has 1 atom stereocenters. The summed E-state index contributed by atoms with van der Waals surface area (Å²) in [5.41, 5.74) is 2.38. The van der Waals surface area contributed by atoms with Gasteiger partial charge >= 0.3 is 0 Å². The van der Waals surface area contributed by atoms with Crippen LogP contribution in [-0.2, 0) is 4.79 Å². The van der Waals surface area contributed by atoms with Gasteiger partial charge in [-0.05, 0) is 47.5 Å². The number of thiophene rings is 1. The van der Waals surface area contributed by atoms with Crippen LogP contribution >= 0.6 is 22.7 Å². The van der Waals surface area contributed by atoms with Crippen molar-refractivity contribution in [2.45, 2.75) is 32.1 Å². The van der Waals surface area contributed by atoms with Gasteiger partial charge in [0.1, 0.15) is 11.3 Å². The minimum absolute atomic E-state index is 0.0335. The normalized spacial score (nSPS) is 15.8. The Morgan fingerprint density at radius 2 is 1.87 bits per heavy atom. The van der Waals surface area contributed by atoms with E-state index < -0.39 is 35.5 Å². The molecule has 0 spiro atoms. The highest BCUT2D eigenvalue weighted by molar-refractivity contribution is 7.15. The molecule has 2 aromatic heterocycles. The molecule has 1 saturated heterocycles. The van der Waals surface area contributed by atoms with Gasteiger partial charge in [-0.2, -0.15) is 0 Å². The lowest BCUT2D eigenvalue weighted by molar-refractivity contribution is -0.124. The Morgan fingerprint density at radius 3 is 2.51 bits per heavy atom. The SMILES string of the molecule is CC(C)(C(=O)Nc1nncs1)[C@@H](c1cccc(F)c1)c1ccc(-c2ccc(C(=O)N3CCC(F)(F)C3)cc2)s1. The van der Waals surface area contributed by atoms with Gasteiger partial charge < -0.3 is 10.2 Å². The third-order valence-electron chi connectivity index (χ3n) is 6.85. The zero-order valence-electron chi connectivity index (χ0n) is 21.2. The van der Waals surface area contributed by atoms with E-state index in [4.69, 9.17) is 0 Å². The Labute approximate surface area is 231 Å². The van der Waals surface area contributed by atoms with Crippen molar-refractivity contribution in [3.8, 4) is 10.4 Å². The van der Waals surface area contributed by atoms with Gasteiger partial charge in [-0.3, -0.25) is 9.59 Å². The first-order valence-corrected chi connectivity index (χ1v) is 13.9. The van der Waals surface area contributed by atoms with Crippen molar-refractivity contribution < 1.29 is 22.8 Å². The summed E-state index contributed by atoms with van der Waals surface area (Å²) in [6.45, 7) is 3.08. The number of carbonyl (C=O) groups is 2. The number of nitrogens with zero attached hydrogens (tertiary/aromatic N) is 3. The molecule has 1 N–H and O–H groups in total. The number of benzene rings is 2. The average Bonchev–Trinajstić information content (AvgIpc) is 3.66. The number of likely N-dealkylation sites (tertiary alicyclic amines) is 1. The molecular formula is C28H25F3N4O2S2. The molecule has 0 radical (unpaired) electrons. The summed E-state index contributed by atoms with van der Waals surface area (Å²) in [6.07, 6.45) is -0.323. The molecule has 202 valence electrons. The smallest absolute Gasteiger partial charge is 0.267 e. The summed E-state index contributed by atoms with van der Waals surface area (Å²) >= 11 is 2.67. The second-order valence-electron chi connectivity index (χ2n) is 10.0. The minimum atomic E-state index is -2.84. The fourth-order valence-electron chi connectivity index (χ4n) is 4.77. The Bertz CT molecular complexity index is 1490. The van der Waals surface area contributed by atoms with E-state index in [0.29, 0.717) is 16.3 Å². The quantitative estimate of drug-likeness (QED) is 0.269. The van der Waals surface area contributed by atoms with Gasteiger partial charge in [0.2, 0.25) is 11.0 Å². The fourth-order valence-corrected chi connectivity index (χ4v) is 6.54. The summed E-state index contributed by atoms with van der Waals surface area (Å²) in [7, 11) is 0. The van der Waals surface area contributed by atoms with Crippen LogP contribution in [0.25, 0.3) is 10.4 Å². The summed E-state index contributed by atoms with van der Waals surface area (Å²) < 4.78 is 41.4. The van der Waals surface area contributed by atoms with E-state index in [1.165, 1.54) is 45.2 Å². The van der Waals surface area contributed by atoms with E-state index in [1.54, 1.807) is 50.2 Å². The van der Waals surface area contributed by atoms with E-state index >= 15 is 0 Å². The number of anilines is 1. The Hall–Kier alpha value is -3.57. The maximum Gasteiger partial charge on any atom is 0.267 e. The Kier molecular flexibility index (Phi) is 7.30. The summed E-state index contributed by atoms with van der Waals surface area (Å²) in [4.78, 5) is 29.0. The maximum absolute atomic E-state index is 14.3. The average molecular weight is 571 g/mol. The molecule has 0 saturated carbocycles. The van der Waals surface area contributed by atoms with E-state index in [-0.39, 0.29) is 18.9 Å². The molecule has 2 amide bonds. The molecule has 0 aliphatic carbocycles.